The number of rotatable bonds is 4. The van der Waals surface area contributed by atoms with Crippen molar-refractivity contribution in [3.8, 4) is 5.88 Å². The molecule has 2 aromatic rings. The molecule has 7 nitrogen and oxygen atoms in total. The molecule has 1 saturated heterocycles. The van der Waals surface area contributed by atoms with E-state index in [2.05, 4.69) is 9.97 Å². The highest BCUT2D eigenvalue weighted by Gasteiger charge is 2.32. The number of alkyl halides is 3. The Labute approximate surface area is 146 Å². The van der Waals surface area contributed by atoms with Crippen LogP contribution < -0.4 is 9.64 Å². The van der Waals surface area contributed by atoms with Gasteiger partial charge >= 0.3 is 11.9 Å². The number of ether oxygens (including phenoxy) is 1. The van der Waals surface area contributed by atoms with Crippen molar-refractivity contribution in [1.82, 2.24) is 9.97 Å². The Morgan fingerprint density at radius 1 is 1.31 bits per heavy atom. The maximum Gasteiger partial charge on any atom is 0.417 e. The molecule has 1 atom stereocenters. The zero-order chi connectivity index (χ0) is 18.9. The second-order valence-corrected chi connectivity index (χ2v) is 5.91. The molecule has 1 aliphatic rings. The van der Waals surface area contributed by atoms with E-state index >= 15 is 0 Å². The Bertz CT molecular complexity index is 811. The summed E-state index contributed by atoms with van der Waals surface area (Å²) in [6.07, 6.45) is -2.03. The molecule has 0 bridgehead atoms. The molecule has 2 aromatic heterocycles. The number of nitro groups is 1. The first-order chi connectivity index (χ1) is 12.3. The van der Waals surface area contributed by atoms with Gasteiger partial charge < -0.3 is 9.64 Å². The van der Waals surface area contributed by atoms with Crippen molar-refractivity contribution in [2.24, 2.45) is 0 Å². The average molecular weight is 368 g/mol. The number of aromatic nitrogens is 2. The van der Waals surface area contributed by atoms with Crippen LogP contribution in [0.25, 0.3) is 0 Å². The summed E-state index contributed by atoms with van der Waals surface area (Å²) in [5.41, 5.74) is -0.396. The van der Waals surface area contributed by atoms with Gasteiger partial charge in [0.05, 0.1) is 17.0 Å². The fraction of sp³-hybridized carbons (Fsp3) is 0.375. The van der Waals surface area contributed by atoms with E-state index in [1.807, 2.05) is 0 Å². The number of halogens is 3. The Morgan fingerprint density at radius 3 is 2.69 bits per heavy atom. The summed E-state index contributed by atoms with van der Waals surface area (Å²) >= 11 is 0. The fourth-order valence-corrected chi connectivity index (χ4v) is 2.80. The molecule has 0 aromatic carbocycles. The maximum absolute atomic E-state index is 12.5. The quantitative estimate of drug-likeness (QED) is 0.608. The molecule has 0 amide bonds. The van der Waals surface area contributed by atoms with Crippen LogP contribution in [0.2, 0.25) is 0 Å². The third kappa shape index (κ3) is 3.68. The van der Waals surface area contributed by atoms with Crippen molar-refractivity contribution in [2.45, 2.75) is 25.6 Å². The maximum atomic E-state index is 12.5. The number of nitrogens with zero attached hydrogens (tertiary/aromatic N) is 4. The number of hydrogen-bond donors (Lipinski definition) is 0. The van der Waals surface area contributed by atoms with E-state index in [-0.39, 0.29) is 23.5 Å². The largest absolute Gasteiger partial charge is 0.472 e. The third-order valence-corrected chi connectivity index (χ3v) is 4.08. The summed E-state index contributed by atoms with van der Waals surface area (Å²) in [6, 6.07) is 3.64. The molecule has 1 unspecified atom stereocenters. The zero-order valence-electron chi connectivity index (χ0n) is 13.7. The predicted molar refractivity (Wildman–Crippen MR) is 86.1 cm³/mol. The molecular weight excluding hydrogens is 353 g/mol. The van der Waals surface area contributed by atoms with Crippen LogP contribution in [-0.4, -0.2) is 34.1 Å². The number of pyridine rings is 2. The molecule has 3 heterocycles. The van der Waals surface area contributed by atoms with Crippen LogP contribution in [-0.2, 0) is 6.18 Å². The Balaban J connectivity index is 1.70. The molecule has 0 saturated carbocycles. The van der Waals surface area contributed by atoms with Gasteiger partial charge in [0.2, 0.25) is 11.7 Å². The third-order valence-electron chi connectivity index (χ3n) is 4.08. The molecule has 1 fully saturated rings. The molecule has 10 heteroatoms. The van der Waals surface area contributed by atoms with Gasteiger partial charge in [0.1, 0.15) is 6.10 Å². The van der Waals surface area contributed by atoms with Crippen LogP contribution in [0.1, 0.15) is 17.5 Å². The smallest absolute Gasteiger partial charge is 0.417 e. The minimum atomic E-state index is -4.45. The van der Waals surface area contributed by atoms with Crippen LogP contribution in [0.4, 0.5) is 24.7 Å². The van der Waals surface area contributed by atoms with Crippen LogP contribution in [0.5, 0.6) is 5.88 Å². The molecule has 0 N–H and O–H groups in total. The highest BCUT2D eigenvalue weighted by atomic mass is 19.4. The van der Waals surface area contributed by atoms with Gasteiger partial charge in [-0.05, 0) is 19.1 Å². The standard InChI is InChI=1S/C16H15F3N4O3/c1-10-4-6-20-15(14(10)23(24)25)22-7-5-12(9-22)26-13-3-2-11(8-21-13)16(17,18)19/h2-4,6,8,12H,5,7,9H2,1H3. The molecule has 1 aliphatic heterocycles. The highest BCUT2D eigenvalue weighted by molar-refractivity contribution is 5.62. The van der Waals surface area contributed by atoms with E-state index in [1.165, 1.54) is 12.3 Å². The van der Waals surface area contributed by atoms with E-state index in [0.29, 0.717) is 25.1 Å². The van der Waals surface area contributed by atoms with Crippen molar-refractivity contribution < 1.29 is 22.8 Å². The molecule has 26 heavy (non-hydrogen) atoms. The lowest BCUT2D eigenvalue weighted by Crippen LogP contribution is -2.26. The minimum Gasteiger partial charge on any atom is -0.472 e. The van der Waals surface area contributed by atoms with Gasteiger partial charge in [0.15, 0.2) is 0 Å². The van der Waals surface area contributed by atoms with Crippen molar-refractivity contribution in [2.75, 3.05) is 18.0 Å². The lowest BCUT2D eigenvalue weighted by Gasteiger charge is -2.18. The lowest BCUT2D eigenvalue weighted by molar-refractivity contribution is -0.384. The molecule has 3 rings (SSSR count). The fourth-order valence-electron chi connectivity index (χ4n) is 2.80. The minimum absolute atomic E-state index is 0.0548. The zero-order valence-corrected chi connectivity index (χ0v) is 13.7. The second-order valence-electron chi connectivity index (χ2n) is 5.91. The topological polar surface area (TPSA) is 81.4 Å². The summed E-state index contributed by atoms with van der Waals surface area (Å²) in [7, 11) is 0. The SMILES string of the molecule is Cc1ccnc(N2CCC(Oc3ccc(C(F)(F)F)cn3)C2)c1[N+](=O)[O-]. The molecule has 0 aliphatic carbocycles. The van der Waals surface area contributed by atoms with Gasteiger partial charge in [0, 0.05) is 37.0 Å². The van der Waals surface area contributed by atoms with Gasteiger partial charge in [0.25, 0.3) is 0 Å². The van der Waals surface area contributed by atoms with E-state index in [0.717, 1.165) is 12.3 Å². The average Bonchev–Trinajstić information content (AvgIpc) is 3.02. The van der Waals surface area contributed by atoms with Crippen molar-refractivity contribution in [3.63, 3.8) is 0 Å². The first kappa shape index (κ1) is 17.9. The second kappa shape index (κ2) is 6.77. The monoisotopic (exact) mass is 368 g/mol. The van der Waals surface area contributed by atoms with Crippen LogP contribution in [0.15, 0.2) is 30.6 Å². The van der Waals surface area contributed by atoms with Gasteiger partial charge in [-0.15, -0.1) is 0 Å². The Kier molecular flexibility index (Phi) is 4.66. The summed E-state index contributed by atoms with van der Waals surface area (Å²) in [5, 5.41) is 11.3. The van der Waals surface area contributed by atoms with Gasteiger partial charge in [-0.3, -0.25) is 10.1 Å². The first-order valence-electron chi connectivity index (χ1n) is 7.80. The van der Waals surface area contributed by atoms with E-state index in [1.54, 1.807) is 17.9 Å². The number of anilines is 1. The summed E-state index contributed by atoms with van der Waals surface area (Å²) in [6.45, 7) is 2.46. The Morgan fingerprint density at radius 2 is 2.08 bits per heavy atom. The van der Waals surface area contributed by atoms with E-state index in [9.17, 15) is 23.3 Å². The van der Waals surface area contributed by atoms with E-state index < -0.39 is 16.7 Å². The normalized spacial score (nSPS) is 17.4. The number of hydrogen-bond acceptors (Lipinski definition) is 6. The van der Waals surface area contributed by atoms with E-state index in [4.69, 9.17) is 4.74 Å². The molecule has 0 spiro atoms. The van der Waals surface area contributed by atoms with Gasteiger partial charge in [-0.25, -0.2) is 9.97 Å². The molecular formula is C16H15F3N4O3. The predicted octanol–water partition coefficient (Wildman–Crippen LogP) is 3.37. The van der Waals surface area contributed by atoms with Crippen molar-refractivity contribution >= 4 is 11.5 Å². The lowest BCUT2D eigenvalue weighted by atomic mass is 10.2. The molecule has 0 radical (unpaired) electrons. The van der Waals surface area contributed by atoms with Crippen LogP contribution in [0, 0.1) is 17.0 Å². The summed E-state index contributed by atoms with van der Waals surface area (Å²) < 4.78 is 43.3. The summed E-state index contributed by atoms with van der Waals surface area (Å²) in [4.78, 5) is 20.4. The molecule has 138 valence electrons. The number of aryl methyl sites for hydroxylation is 1. The van der Waals surface area contributed by atoms with Crippen LogP contribution in [0.3, 0.4) is 0 Å². The first-order valence-corrected chi connectivity index (χ1v) is 7.80. The van der Waals surface area contributed by atoms with Gasteiger partial charge in [-0.1, -0.05) is 0 Å². The summed E-state index contributed by atoms with van der Waals surface area (Å²) in [5.74, 6) is 0.345. The highest BCUT2D eigenvalue weighted by Crippen LogP contribution is 2.32. The van der Waals surface area contributed by atoms with Crippen molar-refractivity contribution in [3.05, 3.63) is 51.8 Å². The Hall–Kier alpha value is -2.91. The van der Waals surface area contributed by atoms with Crippen LogP contribution >= 0.6 is 0 Å². The van der Waals surface area contributed by atoms with Crippen molar-refractivity contribution in [1.29, 1.82) is 0 Å². The van der Waals surface area contributed by atoms with Gasteiger partial charge in [-0.2, -0.15) is 13.2 Å².